The highest BCUT2D eigenvalue weighted by Gasteiger charge is 2.28. The molecule has 2 aliphatic heterocycles. The molecule has 1 N–H and O–H groups in total. The maximum Gasteiger partial charge on any atom is 0.0235 e. The second-order valence-electron chi connectivity index (χ2n) is 7.13. The van der Waals surface area contributed by atoms with Crippen LogP contribution in [0.4, 0.5) is 0 Å². The maximum absolute atomic E-state index is 3.77. The molecule has 2 saturated heterocycles. The summed E-state index contributed by atoms with van der Waals surface area (Å²) in [6.07, 6.45) is 12.8. The molecule has 0 aromatic carbocycles. The molecule has 1 saturated carbocycles. The first-order valence-corrected chi connectivity index (χ1v) is 9.11. The molecule has 1 unspecified atom stereocenters. The standard InChI is InChI=1S/C17H33N3/c1-2-7-16(8-3-1)18-10-6-11-19-14-9-17(15-19)20-12-4-5-13-20/h16-18H,1-15H2. The van der Waals surface area contributed by atoms with Crippen molar-refractivity contribution in [3.05, 3.63) is 0 Å². The molecule has 3 fully saturated rings. The van der Waals surface area contributed by atoms with E-state index in [0.717, 1.165) is 12.1 Å². The molecule has 3 aliphatic rings. The van der Waals surface area contributed by atoms with Crippen LogP contribution < -0.4 is 5.32 Å². The number of nitrogens with zero attached hydrogens (tertiary/aromatic N) is 2. The fourth-order valence-electron chi connectivity index (χ4n) is 4.34. The van der Waals surface area contributed by atoms with Crippen LogP contribution >= 0.6 is 0 Å². The van der Waals surface area contributed by atoms with Crippen molar-refractivity contribution in [1.82, 2.24) is 15.1 Å². The Bertz CT molecular complexity index is 269. The van der Waals surface area contributed by atoms with Crippen molar-refractivity contribution in [2.24, 2.45) is 0 Å². The lowest BCUT2D eigenvalue weighted by atomic mass is 9.95. The Morgan fingerprint density at radius 3 is 2.45 bits per heavy atom. The number of rotatable bonds is 6. The smallest absolute Gasteiger partial charge is 0.0235 e. The molecular formula is C17H33N3. The minimum Gasteiger partial charge on any atom is -0.314 e. The van der Waals surface area contributed by atoms with Crippen LogP contribution in [0.2, 0.25) is 0 Å². The average molecular weight is 279 g/mol. The van der Waals surface area contributed by atoms with Crippen LogP contribution in [0.3, 0.4) is 0 Å². The third-order valence-electron chi connectivity index (χ3n) is 5.59. The van der Waals surface area contributed by atoms with Gasteiger partial charge >= 0.3 is 0 Å². The van der Waals surface area contributed by atoms with Crippen LogP contribution in [0, 0.1) is 0 Å². The molecule has 20 heavy (non-hydrogen) atoms. The van der Waals surface area contributed by atoms with Gasteiger partial charge < -0.3 is 10.2 Å². The number of nitrogens with one attached hydrogen (secondary N) is 1. The Kier molecular flexibility index (Phi) is 5.75. The zero-order valence-electron chi connectivity index (χ0n) is 13.2. The Labute approximate surface area is 125 Å². The van der Waals surface area contributed by atoms with Crippen molar-refractivity contribution in [1.29, 1.82) is 0 Å². The van der Waals surface area contributed by atoms with Crippen molar-refractivity contribution in [3.8, 4) is 0 Å². The fraction of sp³-hybridized carbons (Fsp3) is 1.00. The van der Waals surface area contributed by atoms with Gasteiger partial charge in [0.15, 0.2) is 0 Å². The van der Waals surface area contributed by atoms with E-state index in [4.69, 9.17) is 0 Å². The van der Waals surface area contributed by atoms with E-state index in [1.165, 1.54) is 97.1 Å². The summed E-state index contributed by atoms with van der Waals surface area (Å²) in [6, 6.07) is 1.71. The van der Waals surface area contributed by atoms with E-state index in [-0.39, 0.29) is 0 Å². The van der Waals surface area contributed by atoms with Crippen LogP contribution in [0.5, 0.6) is 0 Å². The summed E-state index contributed by atoms with van der Waals surface area (Å²) in [5, 5.41) is 3.77. The van der Waals surface area contributed by atoms with Gasteiger partial charge in [0.25, 0.3) is 0 Å². The van der Waals surface area contributed by atoms with Crippen molar-refractivity contribution in [3.63, 3.8) is 0 Å². The SMILES string of the molecule is C1CCC(NCCCN2CCC(N3CCCC3)C2)CC1. The Morgan fingerprint density at radius 1 is 0.850 bits per heavy atom. The topological polar surface area (TPSA) is 18.5 Å². The normalized spacial score (nSPS) is 30.3. The lowest BCUT2D eigenvalue weighted by molar-refractivity contribution is 0.230. The van der Waals surface area contributed by atoms with Crippen LogP contribution in [0.15, 0.2) is 0 Å². The largest absolute Gasteiger partial charge is 0.314 e. The minimum atomic E-state index is 0.833. The third kappa shape index (κ3) is 4.19. The van der Waals surface area contributed by atoms with Gasteiger partial charge in [-0.15, -0.1) is 0 Å². The third-order valence-corrected chi connectivity index (χ3v) is 5.59. The van der Waals surface area contributed by atoms with E-state index in [0.29, 0.717) is 0 Å². The van der Waals surface area contributed by atoms with Crippen LogP contribution in [-0.4, -0.2) is 61.2 Å². The molecule has 0 bridgehead atoms. The number of likely N-dealkylation sites (tertiary alicyclic amines) is 2. The molecular weight excluding hydrogens is 246 g/mol. The Hall–Kier alpha value is -0.120. The molecule has 3 nitrogen and oxygen atoms in total. The highest BCUT2D eigenvalue weighted by molar-refractivity contribution is 4.85. The van der Waals surface area contributed by atoms with Crippen LogP contribution in [0.1, 0.15) is 57.8 Å². The molecule has 0 spiro atoms. The molecule has 116 valence electrons. The monoisotopic (exact) mass is 279 g/mol. The van der Waals surface area contributed by atoms with Gasteiger partial charge in [-0.2, -0.15) is 0 Å². The summed E-state index contributed by atoms with van der Waals surface area (Å²) >= 11 is 0. The van der Waals surface area contributed by atoms with Gasteiger partial charge in [0, 0.05) is 18.6 Å². The van der Waals surface area contributed by atoms with Crippen molar-refractivity contribution in [2.45, 2.75) is 69.9 Å². The Morgan fingerprint density at radius 2 is 1.65 bits per heavy atom. The zero-order chi connectivity index (χ0) is 13.6. The summed E-state index contributed by atoms with van der Waals surface area (Å²) in [5.74, 6) is 0. The lowest BCUT2D eigenvalue weighted by Gasteiger charge is -2.25. The molecule has 3 rings (SSSR count). The average Bonchev–Trinajstić information content (AvgIpc) is 3.15. The van der Waals surface area contributed by atoms with Crippen molar-refractivity contribution >= 4 is 0 Å². The van der Waals surface area contributed by atoms with E-state index >= 15 is 0 Å². The van der Waals surface area contributed by atoms with E-state index < -0.39 is 0 Å². The second-order valence-corrected chi connectivity index (χ2v) is 7.13. The summed E-state index contributed by atoms with van der Waals surface area (Å²) in [6.45, 7) is 7.94. The van der Waals surface area contributed by atoms with Gasteiger partial charge in [0.2, 0.25) is 0 Å². The van der Waals surface area contributed by atoms with Gasteiger partial charge in [0.05, 0.1) is 0 Å². The van der Waals surface area contributed by atoms with Gasteiger partial charge in [-0.05, 0) is 71.2 Å². The van der Waals surface area contributed by atoms with E-state index in [2.05, 4.69) is 15.1 Å². The summed E-state index contributed by atoms with van der Waals surface area (Å²) < 4.78 is 0. The Balaban J connectivity index is 1.25. The van der Waals surface area contributed by atoms with Gasteiger partial charge in [-0.3, -0.25) is 4.90 Å². The number of hydrogen-bond acceptors (Lipinski definition) is 3. The highest BCUT2D eigenvalue weighted by atomic mass is 15.3. The van der Waals surface area contributed by atoms with E-state index in [1.54, 1.807) is 0 Å². The zero-order valence-corrected chi connectivity index (χ0v) is 13.2. The highest BCUT2D eigenvalue weighted by Crippen LogP contribution is 2.20. The molecule has 0 aromatic heterocycles. The summed E-state index contributed by atoms with van der Waals surface area (Å²) in [5.41, 5.74) is 0. The van der Waals surface area contributed by atoms with Gasteiger partial charge in [0.1, 0.15) is 0 Å². The quantitative estimate of drug-likeness (QED) is 0.754. The molecule has 1 aliphatic carbocycles. The minimum absolute atomic E-state index is 0.833. The fourth-order valence-corrected chi connectivity index (χ4v) is 4.34. The first kappa shape index (κ1) is 14.8. The molecule has 2 heterocycles. The molecule has 0 radical (unpaired) electrons. The molecule has 0 amide bonds. The van der Waals surface area contributed by atoms with Crippen LogP contribution in [-0.2, 0) is 0 Å². The van der Waals surface area contributed by atoms with Gasteiger partial charge in [-0.25, -0.2) is 0 Å². The molecule has 3 heteroatoms. The predicted molar refractivity (Wildman–Crippen MR) is 85.1 cm³/mol. The first-order chi connectivity index (χ1) is 9.92. The lowest BCUT2D eigenvalue weighted by Crippen LogP contribution is -2.36. The summed E-state index contributed by atoms with van der Waals surface area (Å²) in [4.78, 5) is 5.44. The summed E-state index contributed by atoms with van der Waals surface area (Å²) in [7, 11) is 0. The van der Waals surface area contributed by atoms with Crippen molar-refractivity contribution < 1.29 is 0 Å². The van der Waals surface area contributed by atoms with Crippen LogP contribution in [0.25, 0.3) is 0 Å². The first-order valence-electron chi connectivity index (χ1n) is 9.11. The number of hydrogen-bond donors (Lipinski definition) is 1. The van der Waals surface area contributed by atoms with E-state index in [1.807, 2.05) is 0 Å². The van der Waals surface area contributed by atoms with Gasteiger partial charge in [-0.1, -0.05) is 19.3 Å². The second kappa shape index (κ2) is 7.77. The molecule has 1 atom stereocenters. The van der Waals surface area contributed by atoms with Crippen molar-refractivity contribution in [2.75, 3.05) is 39.3 Å². The maximum atomic E-state index is 3.77. The predicted octanol–water partition coefficient (Wildman–Crippen LogP) is 2.47. The molecule has 0 aromatic rings. The van der Waals surface area contributed by atoms with E-state index in [9.17, 15) is 0 Å².